The topological polar surface area (TPSA) is 69.4 Å². The van der Waals surface area contributed by atoms with Gasteiger partial charge in [-0.25, -0.2) is 9.18 Å². The third kappa shape index (κ3) is 3.80. The number of esters is 1. The van der Waals surface area contributed by atoms with E-state index in [9.17, 15) is 28.1 Å². The fourth-order valence-electron chi connectivity index (χ4n) is 1.50. The van der Waals surface area contributed by atoms with Gasteiger partial charge in [-0.3, -0.25) is 10.1 Å². The van der Waals surface area contributed by atoms with Gasteiger partial charge in [-0.05, 0) is 24.6 Å². The second-order valence-corrected chi connectivity index (χ2v) is 4.08. The molecule has 0 fully saturated rings. The number of carbonyl (C=O) groups excluding carboxylic acids is 1. The van der Waals surface area contributed by atoms with E-state index in [0.717, 1.165) is 12.1 Å². The summed E-state index contributed by atoms with van der Waals surface area (Å²) in [7, 11) is 0. The molecule has 0 heterocycles. The molecule has 21 heavy (non-hydrogen) atoms. The minimum atomic E-state index is -4.12. The number of hydrogen-bond donors (Lipinski definition) is 0. The Hall–Kier alpha value is -2.38. The third-order valence-electron chi connectivity index (χ3n) is 2.53. The molecule has 0 aromatic heterocycles. The van der Waals surface area contributed by atoms with E-state index in [0.29, 0.717) is 12.1 Å². The second-order valence-electron chi connectivity index (χ2n) is 4.08. The number of rotatable bonds is 5. The summed E-state index contributed by atoms with van der Waals surface area (Å²) in [6.07, 6.45) is 1.02. The van der Waals surface area contributed by atoms with E-state index in [1.165, 1.54) is 13.8 Å². The average molecular weight is 303 g/mol. The van der Waals surface area contributed by atoms with Gasteiger partial charge in [-0.2, -0.15) is 8.78 Å². The van der Waals surface area contributed by atoms with Crippen molar-refractivity contribution in [1.82, 2.24) is 0 Å². The van der Waals surface area contributed by atoms with Gasteiger partial charge in [-0.1, -0.05) is 6.07 Å². The molecular weight excluding hydrogens is 291 g/mol. The number of nitrogens with zero attached hydrogens (tertiary/aromatic N) is 1. The molecule has 0 radical (unpaired) electrons. The van der Waals surface area contributed by atoms with E-state index in [4.69, 9.17) is 0 Å². The van der Waals surface area contributed by atoms with Gasteiger partial charge >= 0.3 is 11.9 Å². The van der Waals surface area contributed by atoms with E-state index in [1.54, 1.807) is 0 Å². The molecule has 1 rings (SSSR count). The Morgan fingerprint density at radius 2 is 2.10 bits per heavy atom. The summed E-state index contributed by atoms with van der Waals surface area (Å²) in [6.45, 7) is 2.26. The zero-order chi connectivity index (χ0) is 16.2. The first-order valence-corrected chi connectivity index (χ1v) is 5.88. The largest absolute Gasteiger partial charge is 0.461 e. The van der Waals surface area contributed by atoms with Crippen LogP contribution in [0, 0.1) is 15.9 Å². The van der Waals surface area contributed by atoms with Gasteiger partial charge in [0.2, 0.25) is 5.70 Å². The van der Waals surface area contributed by atoms with Crippen molar-refractivity contribution in [2.75, 3.05) is 6.61 Å². The van der Waals surface area contributed by atoms with E-state index >= 15 is 0 Å². The van der Waals surface area contributed by atoms with Crippen molar-refractivity contribution in [3.8, 4) is 0 Å². The van der Waals surface area contributed by atoms with Crippen molar-refractivity contribution < 1.29 is 27.6 Å². The molecule has 0 saturated heterocycles. The highest BCUT2D eigenvalue weighted by molar-refractivity contribution is 5.79. The molecule has 0 aliphatic heterocycles. The minimum absolute atomic E-state index is 0.0325. The van der Waals surface area contributed by atoms with Crippen LogP contribution in [-0.2, 0) is 15.5 Å². The monoisotopic (exact) mass is 303 g/mol. The standard InChI is InChI=1S/C13H12F3NO4/c1-3-21-12(18)13(15,16)10-5-4-9(7-11(10)14)6-8(2)17(19)20/h4-7H,3H2,1-2H3/b8-6+. The smallest absolute Gasteiger partial charge is 0.382 e. The number of benzene rings is 1. The minimum Gasteiger partial charge on any atom is -0.461 e. The summed E-state index contributed by atoms with van der Waals surface area (Å²) in [6, 6.07) is 2.44. The molecule has 5 nitrogen and oxygen atoms in total. The maximum absolute atomic E-state index is 13.7. The number of ether oxygens (including phenoxy) is 1. The number of carbonyl (C=O) groups is 1. The summed E-state index contributed by atoms with van der Waals surface area (Å²) in [5.74, 6) is -7.33. The zero-order valence-corrected chi connectivity index (χ0v) is 11.2. The van der Waals surface area contributed by atoms with E-state index in [2.05, 4.69) is 4.74 Å². The molecule has 0 aliphatic carbocycles. The molecule has 114 valence electrons. The fraction of sp³-hybridized carbons (Fsp3) is 0.308. The van der Waals surface area contributed by atoms with Crippen LogP contribution in [0.4, 0.5) is 13.2 Å². The highest BCUT2D eigenvalue weighted by Gasteiger charge is 2.44. The van der Waals surface area contributed by atoms with Gasteiger partial charge in [0.25, 0.3) is 0 Å². The fourth-order valence-corrected chi connectivity index (χ4v) is 1.50. The highest BCUT2D eigenvalue weighted by Crippen LogP contribution is 2.32. The Bertz CT molecular complexity index is 599. The van der Waals surface area contributed by atoms with Crippen LogP contribution in [0.15, 0.2) is 23.9 Å². The first-order valence-electron chi connectivity index (χ1n) is 5.88. The third-order valence-corrected chi connectivity index (χ3v) is 2.53. The van der Waals surface area contributed by atoms with Gasteiger partial charge in [-0.15, -0.1) is 0 Å². The van der Waals surface area contributed by atoms with Crippen LogP contribution in [0.1, 0.15) is 25.0 Å². The van der Waals surface area contributed by atoms with Crippen molar-refractivity contribution in [3.05, 3.63) is 51.0 Å². The molecule has 0 unspecified atom stereocenters. The molecule has 8 heteroatoms. The van der Waals surface area contributed by atoms with E-state index < -0.39 is 28.2 Å². The lowest BCUT2D eigenvalue weighted by Crippen LogP contribution is -2.29. The predicted molar refractivity (Wildman–Crippen MR) is 67.6 cm³/mol. The number of halogens is 3. The molecule has 1 aromatic carbocycles. The van der Waals surface area contributed by atoms with Crippen LogP contribution in [0.3, 0.4) is 0 Å². The Morgan fingerprint density at radius 1 is 1.48 bits per heavy atom. The number of alkyl halides is 2. The molecule has 0 atom stereocenters. The van der Waals surface area contributed by atoms with Crippen molar-refractivity contribution >= 4 is 12.0 Å². The lowest BCUT2D eigenvalue weighted by molar-refractivity contribution is -0.422. The van der Waals surface area contributed by atoms with Gasteiger partial charge < -0.3 is 4.74 Å². The molecule has 0 saturated carbocycles. The molecule has 1 aromatic rings. The van der Waals surface area contributed by atoms with Crippen LogP contribution >= 0.6 is 0 Å². The molecule has 0 bridgehead atoms. The van der Waals surface area contributed by atoms with Gasteiger partial charge in [0.1, 0.15) is 5.82 Å². The van der Waals surface area contributed by atoms with Crippen molar-refractivity contribution in [1.29, 1.82) is 0 Å². The summed E-state index contributed by atoms with van der Waals surface area (Å²) in [5, 5.41) is 10.4. The Morgan fingerprint density at radius 3 is 2.57 bits per heavy atom. The van der Waals surface area contributed by atoms with Crippen LogP contribution < -0.4 is 0 Å². The summed E-state index contributed by atoms with van der Waals surface area (Å²) >= 11 is 0. The molecular formula is C13H12F3NO4. The normalized spacial score (nSPS) is 12.1. The molecule has 0 N–H and O–H groups in total. The lowest BCUT2D eigenvalue weighted by atomic mass is 10.0. The predicted octanol–water partition coefficient (Wildman–Crippen LogP) is 3.12. The number of hydrogen-bond acceptors (Lipinski definition) is 4. The SMILES string of the molecule is CCOC(=O)C(F)(F)c1ccc(/C=C(\C)[N+](=O)[O-])cc1F. The Balaban J connectivity index is 3.17. The summed E-state index contributed by atoms with van der Waals surface area (Å²) in [5.41, 5.74) is -1.39. The molecule has 0 spiro atoms. The summed E-state index contributed by atoms with van der Waals surface area (Å²) in [4.78, 5) is 20.9. The van der Waals surface area contributed by atoms with E-state index in [1.807, 2.05) is 0 Å². The first-order chi connectivity index (χ1) is 9.70. The number of allylic oxidation sites excluding steroid dienone is 1. The van der Waals surface area contributed by atoms with Crippen LogP contribution in [0.5, 0.6) is 0 Å². The zero-order valence-electron chi connectivity index (χ0n) is 11.2. The van der Waals surface area contributed by atoms with E-state index in [-0.39, 0.29) is 17.9 Å². The molecule has 0 amide bonds. The van der Waals surface area contributed by atoms with Gasteiger partial charge in [0, 0.05) is 13.0 Å². The highest BCUT2D eigenvalue weighted by atomic mass is 19.3. The Kier molecular flexibility index (Phi) is 5.07. The number of nitro groups is 1. The van der Waals surface area contributed by atoms with Gasteiger partial charge in [0.15, 0.2) is 0 Å². The maximum atomic E-state index is 13.7. The summed E-state index contributed by atoms with van der Waals surface area (Å²) < 4.78 is 45.3. The van der Waals surface area contributed by atoms with Gasteiger partial charge in [0.05, 0.1) is 17.1 Å². The van der Waals surface area contributed by atoms with Crippen molar-refractivity contribution in [3.63, 3.8) is 0 Å². The second kappa shape index (κ2) is 6.38. The first kappa shape index (κ1) is 16.7. The Labute approximate surface area is 118 Å². The maximum Gasteiger partial charge on any atom is 0.382 e. The quantitative estimate of drug-likeness (QED) is 0.476. The van der Waals surface area contributed by atoms with Crippen molar-refractivity contribution in [2.24, 2.45) is 0 Å². The van der Waals surface area contributed by atoms with Crippen LogP contribution in [-0.4, -0.2) is 17.5 Å². The molecule has 0 aliphatic rings. The van der Waals surface area contributed by atoms with Crippen molar-refractivity contribution in [2.45, 2.75) is 19.8 Å². The lowest BCUT2D eigenvalue weighted by Gasteiger charge is -2.15. The van der Waals surface area contributed by atoms with Crippen LogP contribution in [0.2, 0.25) is 0 Å². The average Bonchev–Trinajstić information content (AvgIpc) is 2.38. The van der Waals surface area contributed by atoms with Crippen LogP contribution in [0.25, 0.3) is 6.08 Å².